The van der Waals surface area contributed by atoms with Crippen LogP contribution in [-0.4, -0.2) is 28.9 Å². The average Bonchev–Trinajstić information content (AvgIpc) is 2.90. The van der Waals surface area contributed by atoms with Crippen molar-refractivity contribution in [3.05, 3.63) is 30.1 Å². The largest absolute Gasteiger partial charge is 0.335 e. The fraction of sp³-hybridized carbons (Fsp3) is 0.571. The van der Waals surface area contributed by atoms with E-state index in [0.717, 1.165) is 31.4 Å². The van der Waals surface area contributed by atoms with Crippen LogP contribution in [0.25, 0.3) is 0 Å². The first-order chi connectivity index (χ1) is 8.77. The highest BCUT2D eigenvalue weighted by Gasteiger charge is 2.32. The monoisotopic (exact) mass is 247 g/mol. The number of carbonyl (C=O) groups excluding carboxylic acids is 1. The van der Waals surface area contributed by atoms with Gasteiger partial charge in [-0.05, 0) is 30.9 Å². The van der Waals surface area contributed by atoms with Gasteiger partial charge in [0, 0.05) is 25.5 Å². The molecule has 0 radical (unpaired) electrons. The van der Waals surface area contributed by atoms with E-state index < -0.39 is 0 Å². The normalized spacial score (nSPS) is 21.0. The van der Waals surface area contributed by atoms with Gasteiger partial charge in [0.15, 0.2) is 0 Å². The highest BCUT2D eigenvalue weighted by atomic mass is 16.2. The molecule has 0 aliphatic carbocycles. The van der Waals surface area contributed by atoms with Gasteiger partial charge in [-0.25, -0.2) is 0 Å². The minimum Gasteiger partial charge on any atom is -0.335 e. The Kier molecular flexibility index (Phi) is 4.31. The van der Waals surface area contributed by atoms with Crippen molar-refractivity contribution in [1.29, 1.82) is 0 Å². The molecule has 0 saturated carbocycles. The topological polar surface area (TPSA) is 59.2 Å². The van der Waals surface area contributed by atoms with E-state index in [-0.39, 0.29) is 17.9 Å². The second-order valence-corrected chi connectivity index (χ2v) is 4.82. The number of rotatable bonds is 4. The fourth-order valence-electron chi connectivity index (χ4n) is 2.63. The molecule has 1 aliphatic rings. The van der Waals surface area contributed by atoms with Crippen LogP contribution < -0.4 is 5.73 Å². The number of pyridine rings is 1. The van der Waals surface area contributed by atoms with E-state index in [1.165, 1.54) is 0 Å². The number of nitrogens with two attached hydrogens (primary N) is 1. The quantitative estimate of drug-likeness (QED) is 0.881. The smallest absolute Gasteiger partial charge is 0.227 e. The second kappa shape index (κ2) is 5.96. The van der Waals surface area contributed by atoms with Gasteiger partial charge >= 0.3 is 0 Å². The molecule has 0 spiro atoms. The number of hydrogen-bond donors (Lipinski definition) is 1. The highest BCUT2D eigenvalue weighted by Crippen LogP contribution is 2.32. The van der Waals surface area contributed by atoms with Crippen LogP contribution >= 0.6 is 0 Å². The molecule has 0 aromatic carbocycles. The molecular formula is C14H21N3O. The van der Waals surface area contributed by atoms with Gasteiger partial charge in [-0.1, -0.05) is 13.0 Å². The molecule has 4 heteroatoms. The summed E-state index contributed by atoms with van der Waals surface area (Å²) >= 11 is 0. The zero-order valence-electron chi connectivity index (χ0n) is 10.9. The third-order valence-corrected chi connectivity index (χ3v) is 3.73. The van der Waals surface area contributed by atoms with Crippen LogP contribution in [0.2, 0.25) is 0 Å². The van der Waals surface area contributed by atoms with E-state index in [0.29, 0.717) is 6.54 Å². The summed E-state index contributed by atoms with van der Waals surface area (Å²) in [4.78, 5) is 18.5. The molecule has 1 aromatic heterocycles. The molecule has 1 aromatic rings. The number of likely N-dealkylation sites (tertiary alicyclic amines) is 1. The van der Waals surface area contributed by atoms with E-state index in [2.05, 4.69) is 4.98 Å². The maximum Gasteiger partial charge on any atom is 0.227 e. The summed E-state index contributed by atoms with van der Waals surface area (Å²) in [5.74, 6) is 0.161. The summed E-state index contributed by atoms with van der Waals surface area (Å²) in [7, 11) is 0. The third kappa shape index (κ3) is 2.53. The lowest BCUT2D eigenvalue weighted by molar-refractivity contribution is -0.136. The van der Waals surface area contributed by atoms with Gasteiger partial charge in [-0.2, -0.15) is 0 Å². The summed E-state index contributed by atoms with van der Waals surface area (Å²) in [6.45, 7) is 3.30. The summed E-state index contributed by atoms with van der Waals surface area (Å²) in [6.07, 6.45) is 6.52. The van der Waals surface area contributed by atoms with Crippen LogP contribution in [-0.2, 0) is 4.79 Å². The van der Waals surface area contributed by atoms with Crippen LogP contribution in [0.3, 0.4) is 0 Å². The van der Waals surface area contributed by atoms with Gasteiger partial charge in [-0.3, -0.25) is 9.78 Å². The van der Waals surface area contributed by atoms with Gasteiger partial charge in [0.2, 0.25) is 5.91 Å². The number of carbonyl (C=O) groups is 1. The second-order valence-electron chi connectivity index (χ2n) is 4.82. The average molecular weight is 247 g/mol. The Bertz CT molecular complexity index is 389. The zero-order valence-corrected chi connectivity index (χ0v) is 10.9. The van der Waals surface area contributed by atoms with Gasteiger partial charge in [0.05, 0.1) is 12.0 Å². The molecule has 1 amide bonds. The Hall–Kier alpha value is -1.42. The standard InChI is InChI=1S/C14H21N3O/c1-2-11(9-15)14(18)17-8-4-6-13(17)12-5-3-7-16-10-12/h3,5,7,10-11,13H,2,4,6,8-9,15H2,1H3. The zero-order chi connectivity index (χ0) is 13.0. The lowest BCUT2D eigenvalue weighted by Gasteiger charge is -2.28. The molecule has 18 heavy (non-hydrogen) atoms. The number of amides is 1. The first kappa shape index (κ1) is 13.0. The van der Waals surface area contributed by atoms with Crippen molar-refractivity contribution in [2.75, 3.05) is 13.1 Å². The van der Waals surface area contributed by atoms with E-state index in [1.807, 2.05) is 30.2 Å². The predicted molar refractivity (Wildman–Crippen MR) is 70.8 cm³/mol. The summed E-state index contributed by atoms with van der Waals surface area (Å²) in [6, 6.07) is 4.16. The van der Waals surface area contributed by atoms with E-state index in [1.54, 1.807) is 6.20 Å². The molecule has 4 nitrogen and oxygen atoms in total. The van der Waals surface area contributed by atoms with Crippen molar-refractivity contribution in [1.82, 2.24) is 9.88 Å². The lowest BCUT2D eigenvalue weighted by atomic mass is 10.0. The van der Waals surface area contributed by atoms with Crippen LogP contribution in [0.1, 0.15) is 37.8 Å². The van der Waals surface area contributed by atoms with Crippen molar-refractivity contribution >= 4 is 5.91 Å². The Morgan fingerprint density at radius 2 is 2.50 bits per heavy atom. The number of hydrogen-bond acceptors (Lipinski definition) is 3. The van der Waals surface area contributed by atoms with Crippen molar-refractivity contribution < 1.29 is 4.79 Å². The Morgan fingerprint density at radius 1 is 1.67 bits per heavy atom. The maximum atomic E-state index is 12.4. The van der Waals surface area contributed by atoms with Gasteiger partial charge < -0.3 is 10.6 Å². The molecular weight excluding hydrogens is 226 g/mol. The Morgan fingerprint density at radius 3 is 3.11 bits per heavy atom. The maximum absolute atomic E-state index is 12.4. The third-order valence-electron chi connectivity index (χ3n) is 3.73. The van der Waals surface area contributed by atoms with E-state index in [4.69, 9.17) is 5.73 Å². The van der Waals surface area contributed by atoms with E-state index in [9.17, 15) is 4.79 Å². The van der Waals surface area contributed by atoms with Crippen LogP contribution in [0.15, 0.2) is 24.5 Å². The molecule has 1 fully saturated rings. The summed E-state index contributed by atoms with van der Waals surface area (Å²) in [5, 5.41) is 0. The molecule has 0 bridgehead atoms. The number of nitrogens with zero attached hydrogens (tertiary/aromatic N) is 2. The summed E-state index contributed by atoms with van der Waals surface area (Å²) < 4.78 is 0. The molecule has 1 saturated heterocycles. The minimum atomic E-state index is -0.0396. The molecule has 1 aliphatic heterocycles. The Balaban J connectivity index is 2.15. The number of aromatic nitrogens is 1. The molecule has 2 unspecified atom stereocenters. The van der Waals surface area contributed by atoms with Gasteiger partial charge in [-0.15, -0.1) is 0 Å². The molecule has 2 atom stereocenters. The SMILES string of the molecule is CCC(CN)C(=O)N1CCCC1c1cccnc1. The van der Waals surface area contributed by atoms with Crippen molar-refractivity contribution in [2.24, 2.45) is 11.7 Å². The van der Waals surface area contributed by atoms with Gasteiger partial charge in [0.1, 0.15) is 0 Å². The van der Waals surface area contributed by atoms with Crippen LogP contribution in [0, 0.1) is 5.92 Å². The first-order valence-electron chi connectivity index (χ1n) is 6.68. The Labute approximate surface area is 108 Å². The summed E-state index contributed by atoms with van der Waals surface area (Å²) in [5.41, 5.74) is 6.81. The van der Waals surface area contributed by atoms with Crippen LogP contribution in [0.4, 0.5) is 0 Å². The molecule has 2 heterocycles. The molecule has 98 valence electrons. The van der Waals surface area contributed by atoms with Gasteiger partial charge in [0.25, 0.3) is 0 Å². The van der Waals surface area contributed by atoms with Crippen molar-refractivity contribution in [3.63, 3.8) is 0 Å². The highest BCUT2D eigenvalue weighted by molar-refractivity contribution is 5.79. The lowest BCUT2D eigenvalue weighted by Crippen LogP contribution is -2.38. The minimum absolute atomic E-state index is 0.0396. The van der Waals surface area contributed by atoms with Crippen molar-refractivity contribution in [2.45, 2.75) is 32.2 Å². The van der Waals surface area contributed by atoms with Crippen molar-refractivity contribution in [3.8, 4) is 0 Å². The fourth-order valence-corrected chi connectivity index (χ4v) is 2.63. The molecule has 2 N–H and O–H groups in total. The predicted octanol–water partition coefficient (Wildman–Crippen LogP) is 1.73. The first-order valence-corrected chi connectivity index (χ1v) is 6.68. The van der Waals surface area contributed by atoms with E-state index >= 15 is 0 Å². The van der Waals surface area contributed by atoms with Crippen LogP contribution in [0.5, 0.6) is 0 Å². The molecule has 2 rings (SSSR count).